The number of carbonyl (C=O) groups excluding carboxylic acids is 1. The van der Waals surface area contributed by atoms with Crippen LogP contribution in [0.3, 0.4) is 0 Å². The minimum atomic E-state index is -0.529. The third-order valence-corrected chi connectivity index (χ3v) is 4.89. The summed E-state index contributed by atoms with van der Waals surface area (Å²) in [4.78, 5) is 29.4. The number of amides is 1. The normalized spacial score (nSPS) is 17.8. The maximum atomic E-state index is 12.6. The van der Waals surface area contributed by atoms with Gasteiger partial charge in [0.1, 0.15) is 10.7 Å². The van der Waals surface area contributed by atoms with Crippen LogP contribution in [-0.4, -0.2) is 15.5 Å². The molecule has 5 nitrogen and oxygen atoms in total. The van der Waals surface area contributed by atoms with E-state index in [1.165, 1.54) is 22.2 Å². The number of benzene rings is 1. The quantitative estimate of drug-likeness (QED) is 0.751. The maximum Gasteiger partial charge on any atom is 0.272 e. The first kappa shape index (κ1) is 13.2. The van der Waals surface area contributed by atoms with Crippen LogP contribution in [0.1, 0.15) is 18.0 Å². The molecule has 0 saturated carbocycles. The number of fused-ring (bicyclic) bond motifs is 2. The average Bonchev–Trinajstić information content (AvgIpc) is 2.94. The van der Waals surface area contributed by atoms with Crippen molar-refractivity contribution in [3.8, 4) is 0 Å². The lowest BCUT2D eigenvalue weighted by molar-refractivity contribution is -0.119. The van der Waals surface area contributed by atoms with Crippen LogP contribution in [-0.2, 0) is 11.2 Å². The summed E-state index contributed by atoms with van der Waals surface area (Å²) in [5.74, 6) is -0.162. The Labute approximate surface area is 130 Å². The predicted molar refractivity (Wildman–Crippen MR) is 86.3 cm³/mol. The van der Waals surface area contributed by atoms with Crippen LogP contribution < -0.4 is 10.9 Å². The molecule has 1 amide bonds. The number of nitrogens with one attached hydrogen (secondary N) is 1. The van der Waals surface area contributed by atoms with Crippen molar-refractivity contribution in [2.24, 2.45) is 0 Å². The van der Waals surface area contributed by atoms with Crippen molar-refractivity contribution in [2.75, 3.05) is 5.32 Å². The number of thiophene rings is 1. The van der Waals surface area contributed by atoms with Crippen molar-refractivity contribution in [2.45, 2.75) is 18.9 Å². The first-order valence-electron chi connectivity index (χ1n) is 7.07. The highest BCUT2D eigenvalue weighted by Gasteiger charge is 2.26. The summed E-state index contributed by atoms with van der Waals surface area (Å²) in [6.45, 7) is 0. The lowest BCUT2D eigenvalue weighted by atomic mass is 10.1. The molecular weight excluding hydrogens is 298 g/mol. The van der Waals surface area contributed by atoms with Gasteiger partial charge in [-0.1, -0.05) is 18.2 Å². The van der Waals surface area contributed by atoms with E-state index in [9.17, 15) is 9.59 Å². The molecule has 0 bridgehead atoms. The van der Waals surface area contributed by atoms with E-state index in [4.69, 9.17) is 0 Å². The van der Waals surface area contributed by atoms with Crippen molar-refractivity contribution >= 4 is 33.1 Å². The number of nitrogens with zero attached hydrogens (tertiary/aromatic N) is 2. The Bertz CT molecular complexity index is 928. The molecule has 110 valence electrons. The lowest BCUT2D eigenvalue weighted by Gasteiger charge is -2.15. The predicted octanol–water partition coefficient (Wildman–Crippen LogP) is 2.58. The minimum absolute atomic E-state index is 0.147. The standard InChI is InChI=1S/C16H13N3O2S/c20-15-13(6-5-10-3-1-2-4-11(10)18-15)19-9-17-12-7-8-22-14(12)16(19)21/h1-4,7-9,13H,5-6H2,(H,18,20). The Hall–Kier alpha value is -2.47. The molecule has 2 aromatic heterocycles. The molecule has 22 heavy (non-hydrogen) atoms. The van der Waals surface area contributed by atoms with E-state index < -0.39 is 6.04 Å². The van der Waals surface area contributed by atoms with Crippen LogP contribution in [0.2, 0.25) is 0 Å². The van der Waals surface area contributed by atoms with Gasteiger partial charge < -0.3 is 5.32 Å². The molecule has 4 rings (SSSR count). The zero-order valence-corrected chi connectivity index (χ0v) is 12.5. The second kappa shape index (κ2) is 5.06. The molecule has 1 N–H and O–H groups in total. The van der Waals surface area contributed by atoms with Gasteiger partial charge in [-0.15, -0.1) is 11.3 Å². The number of aromatic nitrogens is 2. The van der Waals surface area contributed by atoms with E-state index in [1.807, 2.05) is 35.7 Å². The summed E-state index contributed by atoms with van der Waals surface area (Å²) in [6.07, 6.45) is 2.81. The summed E-state index contributed by atoms with van der Waals surface area (Å²) >= 11 is 1.36. The SMILES string of the molecule is O=C1Nc2ccccc2CCC1n1cnc2ccsc2c1=O. The molecule has 0 saturated heterocycles. The molecule has 0 fully saturated rings. The number of para-hydroxylation sites is 1. The summed E-state index contributed by atoms with van der Waals surface area (Å²) in [5, 5.41) is 4.76. The van der Waals surface area contributed by atoms with Crippen LogP contribution in [0.15, 0.2) is 46.8 Å². The Morgan fingerprint density at radius 3 is 3.00 bits per heavy atom. The smallest absolute Gasteiger partial charge is 0.272 e. The molecule has 1 unspecified atom stereocenters. The van der Waals surface area contributed by atoms with E-state index >= 15 is 0 Å². The van der Waals surface area contributed by atoms with Gasteiger partial charge in [0.25, 0.3) is 5.56 Å². The first-order valence-corrected chi connectivity index (χ1v) is 7.95. The molecule has 0 spiro atoms. The summed E-state index contributed by atoms with van der Waals surface area (Å²) in [7, 11) is 0. The fourth-order valence-corrected chi connectivity index (χ4v) is 3.63. The molecule has 1 aliphatic rings. The van der Waals surface area contributed by atoms with Crippen molar-refractivity contribution in [3.05, 3.63) is 58.0 Å². The van der Waals surface area contributed by atoms with E-state index in [2.05, 4.69) is 10.3 Å². The second-order valence-corrected chi connectivity index (χ2v) is 6.21. The number of carbonyl (C=O) groups is 1. The van der Waals surface area contributed by atoms with Gasteiger partial charge in [-0.05, 0) is 35.9 Å². The first-order chi connectivity index (χ1) is 10.7. The zero-order valence-electron chi connectivity index (χ0n) is 11.7. The van der Waals surface area contributed by atoms with Gasteiger partial charge in [0, 0.05) is 5.69 Å². The zero-order chi connectivity index (χ0) is 15.1. The second-order valence-electron chi connectivity index (χ2n) is 5.29. The van der Waals surface area contributed by atoms with Gasteiger partial charge >= 0.3 is 0 Å². The molecule has 0 aliphatic carbocycles. The van der Waals surface area contributed by atoms with Crippen LogP contribution in [0.25, 0.3) is 10.2 Å². The third-order valence-electron chi connectivity index (χ3n) is 4.00. The van der Waals surface area contributed by atoms with Crippen LogP contribution in [0, 0.1) is 0 Å². The molecule has 6 heteroatoms. The Morgan fingerprint density at radius 2 is 2.09 bits per heavy atom. The highest BCUT2D eigenvalue weighted by atomic mass is 32.1. The summed E-state index contributed by atoms with van der Waals surface area (Å²) < 4.78 is 2.05. The summed E-state index contributed by atoms with van der Waals surface area (Å²) in [6, 6.07) is 9.02. The molecule has 3 aromatic rings. The van der Waals surface area contributed by atoms with E-state index in [-0.39, 0.29) is 11.5 Å². The van der Waals surface area contributed by atoms with Gasteiger partial charge in [0.05, 0.1) is 11.8 Å². The number of aryl methyl sites for hydroxylation is 1. The summed E-state index contributed by atoms with van der Waals surface area (Å²) in [5.41, 5.74) is 2.46. The van der Waals surface area contributed by atoms with Gasteiger partial charge in [-0.25, -0.2) is 4.98 Å². The molecule has 3 heterocycles. The highest BCUT2D eigenvalue weighted by Crippen LogP contribution is 2.26. The van der Waals surface area contributed by atoms with Gasteiger partial charge in [0.2, 0.25) is 5.91 Å². The van der Waals surface area contributed by atoms with Crippen molar-refractivity contribution in [3.63, 3.8) is 0 Å². The Balaban J connectivity index is 1.78. The Kier molecular flexibility index (Phi) is 3.04. The van der Waals surface area contributed by atoms with E-state index in [0.717, 1.165) is 17.7 Å². The average molecular weight is 311 g/mol. The number of hydrogen-bond donors (Lipinski definition) is 1. The third kappa shape index (κ3) is 2.03. The highest BCUT2D eigenvalue weighted by molar-refractivity contribution is 7.17. The molecular formula is C16H13N3O2S. The van der Waals surface area contributed by atoms with E-state index in [1.54, 1.807) is 0 Å². The van der Waals surface area contributed by atoms with Crippen LogP contribution >= 0.6 is 11.3 Å². The molecule has 1 aromatic carbocycles. The van der Waals surface area contributed by atoms with Gasteiger partial charge in [-0.2, -0.15) is 0 Å². The number of hydrogen-bond acceptors (Lipinski definition) is 4. The maximum absolute atomic E-state index is 12.6. The van der Waals surface area contributed by atoms with Gasteiger partial charge in [0.15, 0.2) is 0 Å². The van der Waals surface area contributed by atoms with Crippen molar-refractivity contribution < 1.29 is 4.79 Å². The monoisotopic (exact) mass is 311 g/mol. The minimum Gasteiger partial charge on any atom is -0.324 e. The Morgan fingerprint density at radius 1 is 1.23 bits per heavy atom. The van der Waals surface area contributed by atoms with Gasteiger partial charge in [-0.3, -0.25) is 14.2 Å². The van der Waals surface area contributed by atoms with Crippen molar-refractivity contribution in [1.82, 2.24) is 9.55 Å². The molecule has 1 atom stereocenters. The fourth-order valence-electron chi connectivity index (χ4n) is 2.85. The molecule has 1 aliphatic heterocycles. The van der Waals surface area contributed by atoms with Crippen LogP contribution in [0.4, 0.5) is 5.69 Å². The number of rotatable bonds is 1. The van der Waals surface area contributed by atoms with E-state index in [0.29, 0.717) is 16.6 Å². The fraction of sp³-hybridized carbons (Fsp3) is 0.188. The lowest BCUT2D eigenvalue weighted by Crippen LogP contribution is -2.32. The van der Waals surface area contributed by atoms with Crippen molar-refractivity contribution in [1.29, 1.82) is 0 Å². The molecule has 0 radical (unpaired) electrons. The largest absolute Gasteiger partial charge is 0.324 e. The van der Waals surface area contributed by atoms with Crippen LogP contribution in [0.5, 0.6) is 0 Å². The topological polar surface area (TPSA) is 64.0 Å². The number of anilines is 1.